The first-order chi connectivity index (χ1) is 13.4. The summed E-state index contributed by atoms with van der Waals surface area (Å²) >= 11 is 3.31. The van der Waals surface area contributed by atoms with Crippen molar-refractivity contribution in [2.24, 2.45) is 0 Å². The maximum absolute atomic E-state index is 12.7. The minimum absolute atomic E-state index is 0.128. The highest BCUT2D eigenvalue weighted by Crippen LogP contribution is 2.20. The van der Waals surface area contributed by atoms with Crippen LogP contribution in [-0.4, -0.2) is 56.8 Å². The molecule has 1 fully saturated rings. The standard InChI is InChI=1S/C20H21BrN2O4S/c1-27-18-7-2-16(3-8-18)4-11-20(24)22-12-14-23(15-13-22)28(25,26)19-9-5-17(21)6-10-19/h2-11H,12-15H2,1H3. The summed E-state index contributed by atoms with van der Waals surface area (Å²) in [6.07, 6.45) is 3.26. The zero-order valence-corrected chi connectivity index (χ0v) is 17.8. The molecule has 1 saturated heterocycles. The van der Waals surface area contributed by atoms with Crippen LogP contribution in [0.3, 0.4) is 0 Å². The number of hydrogen-bond acceptors (Lipinski definition) is 4. The Balaban J connectivity index is 1.58. The summed E-state index contributed by atoms with van der Waals surface area (Å²) < 4.78 is 32.8. The van der Waals surface area contributed by atoms with Gasteiger partial charge in [0.15, 0.2) is 0 Å². The monoisotopic (exact) mass is 464 g/mol. The van der Waals surface area contributed by atoms with E-state index in [0.29, 0.717) is 13.1 Å². The minimum Gasteiger partial charge on any atom is -0.497 e. The van der Waals surface area contributed by atoms with Gasteiger partial charge in [-0.2, -0.15) is 4.31 Å². The molecule has 0 radical (unpaired) electrons. The number of ether oxygens (including phenoxy) is 1. The molecule has 1 aliphatic heterocycles. The number of methoxy groups -OCH3 is 1. The third kappa shape index (κ3) is 4.81. The van der Waals surface area contributed by atoms with Crippen molar-refractivity contribution in [1.29, 1.82) is 0 Å². The number of hydrogen-bond donors (Lipinski definition) is 0. The molecule has 6 nitrogen and oxygen atoms in total. The van der Waals surface area contributed by atoms with Crippen molar-refractivity contribution in [3.8, 4) is 5.75 Å². The Labute approximate surface area is 173 Å². The van der Waals surface area contributed by atoms with E-state index >= 15 is 0 Å². The molecule has 8 heteroatoms. The predicted octanol–water partition coefficient (Wildman–Crippen LogP) is 3.00. The number of piperazine rings is 1. The van der Waals surface area contributed by atoms with Crippen LogP contribution >= 0.6 is 15.9 Å². The topological polar surface area (TPSA) is 66.9 Å². The Kier molecular flexibility index (Phi) is 6.53. The van der Waals surface area contributed by atoms with Crippen molar-refractivity contribution in [1.82, 2.24) is 9.21 Å². The first-order valence-corrected chi connectivity index (χ1v) is 11.0. The van der Waals surface area contributed by atoms with Crippen LogP contribution in [0.4, 0.5) is 0 Å². The lowest BCUT2D eigenvalue weighted by Gasteiger charge is -2.33. The normalized spacial score (nSPS) is 15.7. The van der Waals surface area contributed by atoms with Crippen LogP contribution in [0.15, 0.2) is 64.0 Å². The number of carbonyl (C=O) groups excluding carboxylic acids is 1. The number of benzene rings is 2. The average Bonchev–Trinajstić information content (AvgIpc) is 2.73. The summed E-state index contributed by atoms with van der Waals surface area (Å²) in [5.74, 6) is 0.628. The highest BCUT2D eigenvalue weighted by molar-refractivity contribution is 9.10. The fraction of sp³-hybridized carbons (Fsp3) is 0.250. The van der Waals surface area contributed by atoms with Crippen molar-refractivity contribution >= 4 is 37.9 Å². The Morgan fingerprint density at radius 2 is 1.61 bits per heavy atom. The van der Waals surface area contributed by atoms with Gasteiger partial charge in [-0.3, -0.25) is 4.79 Å². The second kappa shape index (κ2) is 8.89. The molecule has 148 valence electrons. The molecular formula is C20H21BrN2O4S. The lowest BCUT2D eigenvalue weighted by Crippen LogP contribution is -2.50. The molecule has 28 heavy (non-hydrogen) atoms. The summed E-state index contributed by atoms with van der Waals surface area (Å²) in [6, 6.07) is 14.0. The number of carbonyl (C=O) groups is 1. The van der Waals surface area contributed by atoms with Gasteiger partial charge in [0.1, 0.15) is 5.75 Å². The largest absolute Gasteiger partial charge is 0.497 e. The molecule has 0 aromatic heterocycles. The molecule has 1 heterocycles. The summed E-state index contributed by atoms with van der Waals surface area (Å²) in [5.41, 5.74) is 0.894. The van der Waals surface area contributed by atoms with E-state index in [0.717, 1.165) is 15.8 Å². The van der Waals surface area contributed by atoms with Crippen LogP contribution in [0.2, 0.25) is 0 Å². The number of amides is 1. The molecule has 0 N–H and O–H groups in total. The summed E-state index contributed by atoms with van der Waals surface area (Å²) in [4.78, 5) is 14.3. The average molecular weight is 465 g/mol. The Bertz CT molecular complexity index is 949. The SMILES string of the molecule is COc1ccc(C=CC(=O)N2CCN(S(=O)(=O)c3ccc(Br)cc3)CC2)cc1. The third-order valence-corrected chi connectivity index (χ3v) is 6.98. The predicted molar refractivity (Wildman–Crippen MR) is 112 cm³/mol. The van der Waals surface area contributed by atoms with Gasteiger partial charge in [-0.1, -0.05) is 28.1 Å². The van der Waals surface area contributed by atoms with Crippen molar-refractivity contribution in [2.75, 3.05) is 33.3 Å². The highest BCUT2D eigenvalue weighted by Gasteiger charge is 2.29. The molecular weight excluding hydrogens is 444 g/mol. The second-order valence-electron chi connectivity index (χ2n) is 6.29. The molecule has 3 rings (SSSR count). The number of sulfonamides is 1. The van der Waals surface area contributed by atoms with E-state index in [9.17, 15) is 13.2 Å². The van der Waals surface area contributed by atoms with Crippen molar-refractivity contribution in [3.05, 3.63) is 64.6 Å². The molecule has 1 aliphatic rings. The van der Waals surface area contributed by atoms with Crippen molar-refractivity contribution in [3.63, 3.8) is 0 Å². The van der Waals surface area contributed by atoms with Crippen LogP contribution in [0.25, 0.3) is 6.08 Å². The van der Waals surface area contributed by atoms with E-state index in [1.165, 1.54) is 10.4 Å². The molecule has 0 spiro atoms. The summed E-state index contributed by atoms with van der Waals surface area (Å²) in [7, 11) is -1.94. The molecule has 0 aliphatic carbocycles. The molecule has 0 bridgehead atoms. The summed E-state index contributed by atoms with van der Waals surface area (Å²) in [6.45, 7) is 1.28. The van der Waals surface area contributed by atoms with Crippen LogP contribution in [0.5, 0.6) is 5.75 Å². The Morgan fingerprint density at radius 1 is 1.00 bits per heavy atom. The van der Waals surface area contributed by atoms with E-state index in [2.05, 4.69) is 15.9 Å². The molecule has 1 amide bonds. The first-order valence-electron chi connectivity index (χ1n) is 8.77. The van der Waals surface area contributed by atoms with E-state index < -0.39 is 10.0 Å². The van der Waals surface area contributed by atoms with Gasteiger partial charge >= 0.3 is 0 Å². The maximum Gasteiger partial charge on any atom is 0.246 e. The van der Waals surface area contributed by atoms with Gasteiger partial charge in [-0.25, -0.2) is 8.42 Å². The minimum atomic E-state index is -3.55. The van der Waals surface area contributed by atoms with Gasteiger partial charge in [-0.05, 0) is 48.0 Å². The first kappa shape index (κ1) is 20.6. The van der Waals surface area contributed by atoms with Crippen molar-refractivity contribution in [2.45, 2.75) is 4.90 Å². The molecule has 0 saturated carbocycles. The fourth-order valence-corrected chi connectivity index (χ4v) is 4.58. The van der Waals surface area contributed by atoms with Crippen LogP contribution < -0.4 is 4.74 Å². The van der Waals surface area contributed by atoms with E-state index in [1.807, 2.05) is 24.3 Å². The zero-order chi connectivity index (χ0) is 20.1. The maximum atomic E-state index is 12.7. The van der Waals surface area contributed by atoms with Crippen LogP contribution in [-0.2, 0) is 14.8 Å². The smallest absolute Gasteiger partial charge is 0.246 e. The van der Waals surface area contributed by atoms with E-state index in [1.54, 1.807) is 42.4 Å². The Morgan fingerprint density at radius 3 is 2.18 bits per heavy atom. The third-order valence-electron chi connectivity index (χ3n) is 4.54. The van der Waals surface area contributed by atoms with E-state index in [4.69, 9.17) is 4.74 Å². The molecule has 0 unspecified atom stereocenters. The van der Waals surface area contributed by atoms with Crippen LogP contribution in [0, 0.1) is 0 Å². The van der Waals surface area contributed by atoms with Gasteiger partial charge in [0.2, 0.25) is 15.9 Å². The number of rotatable bonds is 5. The van der Waals surface area contributed by atoms with Gasteiger partial charge < -0.3 is 9.64 Å². The quantitative estimate of drug-likeness (QED) is 0.637. The molecule has 2 aromatic rings. The number of nitrogens with zero attached hydrogens (tertiary/aromatic N) is 2. The highest BCUT2D eigenvalue weighted by atomic mass is 79.9. The Hall–Kier alpha value is -2.16. The van der Waals surface area contributed by atoms with Gasteiger partial charge in [0, 0.05) is 36.7 Å². The molecule has 2 aromatic carbocycles. The van der Waals surface area contributed by atoms with Gasteiger partial charge in [0.25, 0.3) is 0 Å². The van der Waals surface area contributed by atoms with E-state index in [-0.39, 0.29) is 23.9 Å². The van der Waals surface area contributed by atoms with Gasteiger partial charge in [-0.15, -0.1) is 0 Å². The summed E-state index contributed by atoms with van der Waals surface area (Å²) in [5, 5.41) is 0. The zero-order valence-electron chi connectivity index (χ0n) is 15.4. The lowest BCUT2D eigenvalue weighted by atomic mass is 10.2. The molecule has 0 atom stereocenters. The van der Waals surface area contributed by atoms with Gasteiger partial charge in [0.05, 0.1) is 12.0 Å². The lowest BCUT2D eigenvalue weighted by molar-refractivity contribution is -0.127. The number of halogens is 1. The second-order valence-corrected chi connectivity index (χ2v) is 9.14. The van der Waals surface area contributed by atoms with Crippen LogP contribution in [0.1, 0.15) is 5.56 Å². The van der Waals surface area contributed by atoms with Crippen molar-refractivity contribution < 1.29 is 17.9 Å². The fourth-order valence-electron chi connectivity index (χ4n) is 2.89.